The predicted octanol–water partition coefficient (Wildman–Crippen LogP) is 9.73. The first-order valence-corrected chi connectivity index (χ1v) is 19.8. The van der Waals surface area contributed by atoms with E-state index in [0.29, 0.717) is 11.5 Å². The molecule has 0 spiro atoms. The summed E-state index contributed by atoms with van der Waals surface area (Å²) in [5.74, 6) is 1.06. The van der Waals surface area contributed by atoms with Crippen LogP contribution < -0.4 is 30.1 Å². The third-order valence-electron chi connectivity index (χ3n) is 9.20. The van der Waals surface area contributed by atoms with E-state index in [2.05, 4.69) is 10.6 Å². The number of para-hydroxylation sites is 4. The zero-order valence-electron chi connectivity index (χ0n) is 33.1. The van der Waals surface area contributed by atoms with Gasteiger partial charge in [0.25, 0.3) is 0 Å². The minimum absolute atomic E-state index is 0.0289. The van der Waals surface area contributed by atoms with Crippen LogP contribution in [0.5, 0.6) is 11.5 Å². The first-order chi connectivity index (χ1) is 29.5. The van der Waals surface area contributed by atoms with Crippen LogP contribution >= 0.6 is 0 Å². The molecule has 0 radical (unpaired) electrons. The smallest absolute Gasteiger partial charge is 0.123 e. The van der Waals surface area contributed by atoms with Gasteiger partial charge >= 0.3 is 0 Å². The van der Waals surface area contributed by atoms with Crippen molar-refractivity contribution in [2.75, 3.05) is 47.0 Å². The van der Waals surface area contributed by atoms with E-state index in [1.165, 1.54) is 0 Å². The molecule has 0 saturated carbocycles. The lowest BCUT2D eigenvalue weighted by atomic mass is 10.2. The Morgan fingerprint density at radius 2 is 0.783 bits per heavy atom. The highest BCUT2D eigenvalue weighted by atomic mass is 16.5. The zero-order chi connectivity index (χ0) is 41.2. The SMILES string of the molecule is OC(COc1cccc(OCC(O)CN(/N=C/c2ccc(Nc3ccccc3)cc2)c2ccccc2)c1)CN(/N=C/c1ccc(Nc2ccccc2)cc1)c1ccccc1. The van der Waals surface area contributed by atoms with Crippen molar-refractivity contribution < 1.29 is 19.7 Å². The van der Waals surface area contributed by atoms with Crippen molar-refractivity contribution in [1.82, 2.24) is 0 Å². The van der Waals surface area contributed by atoms with Crippen molar-refractivity contribution in [1.29, 1.82) is 0 Å². The average molecular weight is 797 g/mol. The third-order valence-corrected chi connectivity index (χ3v) is 9.20. The molecule has 302 valence electrons. The van der Waals surface area contributed by atoms with Gasteiger partial charge in [0, 0.05) is 28.8 Å². The first-order valence-electron chi connectivity index (χ1n) is 19.8. The number of ether oxygens (including phenoxy) is 2. The van der Waals surface area contributed by atoms with Gasteiger partial charge in [0.2, 0.25) is 0 Å². The number of aliphatic hydroxyl groups excluding tert-OH is 2. The molecular weight excluding hydrogens is 749 g/mol. The summed E-state index contributed by atoms with van der Waals surface area (Å²) >= 11 is 0. The number of nitrogens with zero attached hydrogens (tertiary/aromatic N) is 4. The van der Waals surface area contributed by atoms with E-state index in [4.69, 9.17) is 19.7 Å². The van der Waals surface area contributed by atoms with Crippen molar-refractivity contribution in [3.63, 3.8) is 0 Å². The molecule has 7 aromatic rings. The van der Waals surface area contributed by atoms with Gasteiger partial charge in [-0.2, -0.15) is 10.2 Å². The Hall–Kier alpha value is -7.40. The molecule has 0 aromatic heterocycles. The maximum absolute atomic E-state index is 11.1. The second-order valence-electron chi connectivity index (χ2n) is 14.0. The Morgan fingerprint density at radius 3 is 1.17 bits per heavy atom. The van der Waals surface area contributed by atoms with Crippen LogP contribution in [0, 0.1) is 0 Å². The molecule has 0 amide bonds. The molecule has 2 atom stereocenters. The number of aliphatic hydroxyl groups is 2. The second kappa shape index (κ2) is 21.4. The number of rotatable bonds is 20. The van der Waals surface area contributed by atoms with Crippen molar-refractivity contribution in [3.05, 3.63) is 205 Å². The van der Waals surface area contributed by atoms with E-state index in [1.54, 1.807) is 40.6 Å². The van der Waals surface area contributed by atoms with Gasteiger partial charge in [-0.25, -0.2) is 0 Å². The number of hydrazone groups is 2. The molecule has 7 rings (SSSR count). The largest absolute Gasteiger partial charge is 0.491 e. The van der Waals surface area contributed by atoms with Crippen LogP contribution in [0.4, 0.5) is 34.1 Å². The van der Waals surface area contributed by atoms with Crippen molar-refractivity contribution in [3.8, 4) is 11.5 Å². The minimum atomic E-state index is -0.861. The molecule has 0 aliphatic rings. The fourth-order valence-corrected chi connectivity index (χ4v) is 6.14. The zero-order valence-corrected chi connectivity index (χ0v) is 33.1. The molecular formula is C50H48N6O4. The molecule has 0 aliphatic carbocycles. The molecule has 0 heterocycles. The van der Waals surface area contributed by atoms with Crippen LogP contribution in [0.25, 0.3) is 0 Å². The van der Waals surface area contributed by atoms with Crippen LogP contribution in [-0.2, 0) is 0 Å². The van der Waals surface area contributed by atoms with Gasteiger partial charge in [0.15, 0.2) is 0 Å². The lowest BCUT2D eigenvalue weighted by Crippen LogP contribution is -2.33. The van der Waals surface area contributed by atoms with Gasteiger partial charge in [0.1, 0.15) is 36.9 Å². The normalized spacial score (nSPS) is 12.2. The van der Waals surface area contributed by atoms with Crippen LogP contribution in [0.1, 0.15) is 11.1 Å². The maximum atomic E-state index is 11.1. The summed E-state index contributed by atoms with van der Waals surface area (Å²) in [6.07, 6.45) is 1.83. The molecule has 4 N–H and O–H groups in total. The van der Waals surface area contributed by atoms with Gasteiger partial charge in [-0.1, -0.05) is 103 Å². The molecule has 7 aromatic carbocycles. The van der Waals surface area contributed by atoms with Crippen LogP contribution in [-0.4, -0.2) is 61.2 Å². The summed E-state index contributed by atoms with van der Waals surface area (Å²) < 4.78 is 12.0. The number of hydrogen-bond donors (Lipinski definition) is 4. The summed E-state index contributed by atoms with van der Waals surface area (Å²) in [6, 6.07) is 62.6. The number of hydrogen-bond acceptors (Lipinski definition) is 10. The molecule has 0 aliphatic heterocycles. The molecule has 0 fully saturated rings. The van der Waals surface area contributed by atoms with E-state index >= 15 is 0 Å². The van der Waals surface area contributed by atoms with Gasteiger partial charge in [-0.15, -0.1) is 0 Å². The van der Waals surface area contributed by atoms with Crippen molar-refractivity contribution in [2.45, 2.75) is 12.2 Å². The standard InChI is InChI=1S/C50H48N6O4/c57-47(35-55(45-18-9-3-10-19-45)51-33-39-24-28-43(29-25-39)53-41-14-5-1-6-15-41)37-59-49-22-13-23-50(32-49)60-38-48(58)36-56(46-20-11-4-12-21-46)52-34-40-26-30-44(31-27-40)54-42-16-7-2-8-17-42/h1-34,47-48,53-54,57-58H,35-38H2/b51-33+,52-34+. The quantitative estimate of drug-likeness (QED) is 0.0446. The van der Waals surface area contributed by atoms with E-state index in [1.807, 2.05) is 176 Å². The summed E-state index contributed by atoms with van der Waals surface area (Å²) in [4.78, 5) is 0. The Kier molecular flexibility index (Phi) is 14.5. The highest BCUT2D eigenvalue weighted by molar-refractivity contribution is 5.82. The monoisotopic (exact) mass is 796 g/mol. The van der Waals surface area contributed by atoms with Gasteiger partial charge in [-0.05, 0) is 96.1 Å². The number of nitrogens with one attached hydrogen (secondary N) is 2. The van der Waals surface area contributed by atoms with Crippen LogP contribution in [0.2, 0.25) is 0 Å². The predicted molar refractivity (Wildman–Crippen MR) is 245 cm³/mol. The Bertz CT molecular complexity index is 2200. The van der Waals surface area contributed by atoms with E-state index < -0.39 is 12.2 Å². The average Bonchev–Trinajstić information content (AvgIpc) is 3.30. The Morgan fingerprint density at radius 1 is 0.433 bits per heavy atom. The topological polar surface area (TPSA) is 114 Å². The maximum Gasteiger partial charge on any atom is 0.123 e. The molecule has 60 heavy (non-hydrogen) atoms. The molecule has 2 unspecified atom stereocenters. The molecule has 10 nitrogen and oxygen atoms in total. The molecule has 0 bridgehead atoms. The highest BCUT2D eigenvalue weighted by Gasteiger charge is 2.15. The van der Waals surface area contributed by atoms with E-state index in [-0.39, 0.29) is 26.3 Å². The van der Waals surface area contributed by atoms with E-state index in [9.17, 15) is 10.2 Å². The molecule has 0 saturated heterocycles. The van der Waals surface area contributed by atoms with Gasteiger partial charge in [0.05, 0.1) is 36.9 Å². The summed E-state index contributed by atoms with van der Waals surface area (Å²) in [5.41, 5.74) is 7.50. The fourth-order valence-electron chi connectivity index (χ4n) is 6.14. The van der Waals surface area contributed by atoms with Crippen molar-refractivity contribution >= 4 is 46.6 Å². The fraction of sp³-hybridized carbons (Fsp3) is 0.120. The minimum Gasteiger partial charge on any atom is -0.491 e. The first kappa shape index (κ1) is 40.8. The lowest BCUT2D eigenvalue weighted by Gasteiger charge is -2.23. The Balaban J connectivity index is 0.909. The number of benzene rings is 7. The highest BCUT2D eigenvalue weighted by Crippen LogP contribution is 2.23. The second-order valence-corrected chi connectivity index (χ2v) is 14.0. The summed E-state index contributed by atoms with van der Waals surface area (Å²) in [7, 11) is 0. The van der Waals surface area contributed by atoms with E-state index in [0.717, 1.165) is 45.3 Å². The van der Waals surface area contributed by atoms with Crippen molar-refractivity contribution in [2.24, 2.45) is 10.2 Å². The molecule has 10 heteroatoms. The van der Waals surface area contributed by atoms with Crippen LogP contribution in [0.3, 0.4) is 0 Å². The van der Waals surface area contributed by atoms with Gasteiger partial charge < -0.3 is 30.3 Å². The summed E-state index contributed by atoms with van der Waals surface area (Å²) in [5, 5.41) is 41.9. The van der Waals surface area contributed by atoms with Crippen LogP contribution in [0.15, 0.2) is 204 Å². The van der Waals surface area contributed by atoms with Gasteiger partial charge in [-0.3, -0.25) is 10.0 Å². The third kappa shape index (κ3) is 12.8. The number of anilines is 6. The summed E-state index contributed by atoms with van der Waals surface area (Å²) in [6.45, 7) is 0.462. The Labute approximate surface area is 351 Å². The lowest BCUT2D eigenvalue weighted by molar-refractivity contribution is 0.108.